The molecule has 7 amide bonds. The van der Waals surface area contributed by atoms with Gasteiger partial charge in [-0.15, -0.1) is 0 Å². The number of anilines is 1. The Balaban J connectivity index is 1.21. The molecule has 1 heterocycles. The lowest BCUT2D eigenvalue weighted by Gasteiger charge is -2.38. The number of carbonyl (C=O) groups excluding carboxylic acids is 6. The molecular weight excluding hydrogens is 1040 g/mol. The number of phenols is 6. The molecule has 0 radical (unpaired) electrons. The highest BCUT2D eigenvalue weighted by molar-refractivity contribution is 5.99. The van der Waals surface area contributed by atoms with Crippen molar-refractivity contribution in [1.82, 2.24) is 46.8 Å². The molecule has 438 valence electrons. The van der Waals surface area contributed by atoms with Crippen molar-refractivity contribution in [2.45, 2.75) is 104 Å². The van der Waals surface area contributed by atoms with Gasteiger partial charge in [0.05, 0.1) is 39.5 Å². The quantitative estimate of drug-likeness (QED) is 0.0175. The highest BCUT2D eigenvalue weighted by Crippen LogP contribution is 2.37. The van der Waals surface area contributed by atoms with Crippen LogP contribution >= 0.6 is 0 Å². The number of benzene rings is 4. The van der Waals surface area contributed by atoms with Crippen molar-refractivity contribution in [3.63, 3.8) is 0 Å². The fourth-order valence-corrected chi connectivity index (χ4v) is 9.00. The van der Waals surface area contributed by atoms with Crippen LogP contribution in [0.1, 0.15) is 134 Å². The number of fused-ring (bicyclic) bond motifs is 1. The summed E-state index contributed by atoms with van der Waals surface area (Å²) in [6.07, 6.45) is 3.44. The van der Waals surface area contributed by atoms with Crippen LogP contribution in [0, 0.1) is 5.41 Å². The summed E-state index contributed by atoms with van der Waals surface area (Å²) < 4.78 is 6.32. The minimum absolute atomic E-state index is 0.0482. The van der Waals surface area contributed by atoms with E-state index in [1.54, 1.807) is 18.2 Å². The maximum absolute atomic E-state index is 15.0. The lowest BCUT2D eigenvalue weighted by Crippen LogP contribution is -2.52. The second kappa shape index (κ2) is 29.7. The number of para-hydroxylation sites is 3. The monoisotopic (exact) mass is 1120 g/mol. The molecule has 5 aromatic rings. The van der Waals surface area contributed by atoms with Crippen molar-refractivity contribution in [3.05, 3.63) is 101 Å². The van der Waals surface area contributed by atoms with Crippen molar-refractivity contribution in [2.24, 2.45) is 5.41 Å². The van der Waals surface area contributed by atoms with Crippen LogP contribution in [-0.4, -0.2) is 151 Å². The summed E-state index contributed by atoms with van der Waals surface area (Å²) in [5.74, 6) is -5.83. The van der Waals surface area contributed by atoms with Crippen molar-refractivity contribution in [1.29, 1.82) is 0 Å². The number of urea groups is 1. The number of ether oxygens (including phenoxy) is 1. The van der Waals surface area contributed by atoms with Crippen LogP contribution in [0.4, 0.5) is 10.5 Å². The second-order valence-electron chi connectivity index (χ2n) is 20.9. The molecule has 0 aliphatic carbocycles. The Hall–Kier alpha value is -8.44. The minimum atomic E-state index is -1.20. The third-order valence-electron chi connectivity index (χ3n) is 13.9. The predicted molar refractivity (Wildman–Crippen MR) is 305 cm³/mol. The molecule has 23 nitrogen and oxygen atoms in total. The van der Waals surface area contributed by atoms with E-state index in [0.717, 1.165) is 19.6 Å². The first-order chi connectivity index (χ1) is 38.5. The van der Waals surface area contributed by atoms with E-state index in [9.17, 15) is 59.4 Å². The first-order valence-corrected chi connectivity index (χ1v) is 27.1. The zero-order valence-corrected chi connectivity index (χ0v) is 46.9. The van der Waals surface area contributed by atoms with E-state index in [4.69, 9.17) is 4.74 Å². The first kappa shape index (κ1) is 63.4. The van der Waals surface area contributed by atoms with Gasteiger partial charge in [0.25, 0.3) is 23.6 Å². The Morgan fingerprint density at radius 2 is 1.04 bits per heavy atom. The number of nitrogens with zero attached hydrogens (tertiary/aromatic N) is 3. The van der Waals surface area contributed by atoms with Gasteiger partial charge >= 0.3 is 6.03 Å². The van der Waals surface area contributed by atoms with Crippen LogP contribution in [0.3, 0.4) is 0 Å². The lowest BCUT2D eigenvalue weighted by atomic mass is 9.73. The average molecular weight is 1120 g/mol. The summed E-state index contributed by atoms with van der Waals surface area (Å²) in [5, 5.41) is 80.9. The van der Waals surface area contributed by atoms with Gasteiger partial charge in [0.1, 0.15) is 5.69 Å². The van der Waals surface area contributed by atoms with Gasteiger partial charge in [-0.25, -0.2) is 9.78 Å². The molecular formula is C58H78N10O13. The third-order valence-corrected chi connectivity index (χ3v) is 13.9. The van der Waals surface area contributed by atoms with Crippen molar-refractivity contribution >= 4 is 52.3 Å². The summed E-state index contributed by atoms with van der Waals surface area (Å²) >= 11 is 0. The molecule has 5 rings (SSSR count). The summed E-state index contributed by atoms with van der Waals surface area (Å²) in [7, 11) is 0. The minimum Gasteiger partial charge on any atom is -0.504 e. The van der Waals surface area contributed by atoms with Gasteiger partial charge in [-0.2, -0.15) is 0 Å². The number of phenolic OH excluding ortho intramolecular Hbond substituents is 6. The van der Waals surface area contributed by atoms with Crippen LogP contribution in [0.2, 0.25) is 0 Å². The number of likely N-dealkylation sites (N-methyl/N-ethyl adjacent to an activating group) is 1. The summed E-state index contributed by atoms with van der Waals surface area (Å²) in [6, 6.07) is 16.5. The molecule has 1 aromatic heterocycles. The number of amides is 7. The van der Waals surface area contributed by atoms with Crippen LogP contribution in [0.5, 0.6) is 34.5 Å². The van der Waals surface area contributed by atoms with Crippen LogP contribution < -0.4 is 37.2 Å². The number of rotatable bonds is 31. The van der Waals surface area contributed by atoms with E-state index in [1.807, 2.05) is 27.7 Å². The number of aromatic hydroxyl groups is 6. The van der Waals surface area contributed by atoms with E-state index in [-0.39, 0.29) is 106 Å². The van der Waals surface area contributed by atoms with E-state index in [0.29, 0.717) is 36.1 Å². The van der Waals surface area contributed by atoms with Gasteiger partial charge in [0.15, 0.2) is 34.5 Å². The molecule has 0 saturated heterocycles. The van der Waals surface area contributed by atoms with Crippen LogP contribution in [0.15, 0.2) is 79.0 Å². The summed E-state index contributed by atoms with van der Waals surface area (Å²) in [5.41, 5.74) is -1.59. The fraction of sp³-hybridized carbons (Fsp3) is 0.448. The highest BCUT2D eigenvalue weighted by atomic mass is 16.5. The van der Waals surface area contributed by atoms with E-state index in [1.165, 1.54) is 60.8 Å². The van der Waals surface area contributed by atoms with Gasteiger partial charge in [-0.1, -0.05) is 32.0 Å². The lowest BCUT2D eigenvalue weighted by molar-refractivity contribution is -0.134. The molecule has 0 fully saturated rings. The molecule has 23 heteroatoms. The van der Waals surface area contributed by atoms with Crippen LogP contribution in [0.25, 0.3) is 11.0 Å². The summed E-state index contributed by atoms with van der Waals surface area (Å²) in [4.78, 5) is 91.0. The van der Waals surface area contributed by atoms with E-state index in [2.05, 4.69) is 65.9 Å². The predicted octanol–water partition coefficient (Wildman–Crippen LogP) is 6.14. The van der Waals surface area contributed by atoms with Crippen molar-refractivity contribution in [3.8, 4) is 34.5 Å². The van der Waals surface area contributed by atoms with Gasteiger partial charge in [-0.05, 0) is 147 Å². The van der Waals surface area contributed by atoms with Crippen LogP contribution in [-0.2, 0) is 9.53 Å². The molecule has 0 aliphatic heterocycles. The molecule has 81 heavy (non-hydrogen) atoms. The number of hydrogen-bond donors (Lipinski definition) is 13. The topological polar surface area (TPSA) is 346 Å². The SMILES string of the molecule is CCN(CC)CCNC(=O)c1cnc2cc(NC(=O)NCCC(C)(C)OCCC(C)(C)NC(=O)C(CCCNC(=O)c3cccc(O)c3O)(CCCNC(=O)c3cccc(O)c3O)CCCNC(=O)c3cccc(O)c3O)ccc2n1. The number of nitrogens with one attached hydrogen (secondary N) is 7. The summed E-state index contributed by atoms with van der Waals surface area (Å²) in [6.45, 7) is 15.1. The zero-order valence-electron chi connectivity index (χ0n) is 46.9. The standard InChI is InChI=1S/C58H78N10O13/c1-7-68(8-2)33-32-62-53(78)43-36-64-42-35-37(21-22-41(42)66-43)65-55(80)63-31-26-57(5,6)81-34-27-56(3,4)67-54(79)58(23-12-28-59-50(75)38-15-9-18-44(69)47(38)72,24-13-29-60-51(76)39-16-10-19-45(70)48(39)73)25-14-30-61-52(77)40-17-11-20-46(71)49(40)74/h9-11,15-22,35-36,69-74H,7-8,12-14,23-34H2,1-6H3,(H,59,75)(H,60,76)(H,61,77)(H,62,78)(H,67,79)(H2,63,65,80). The number of hydrogen-bond acceptors (Lipinski definition) is 16. The molecule has 0 saturated carbocycles. The van der Waals surface area contributed by atoms with Gasteiger partial charge in [0.2, 0.25) is 5.91 Å². The Bertz CT molecular complexity index is 2810. The first-order valence-electron chi connectivity index (χ1n) is 27.1. The Labute approximate surface area is 471 Å². The molecule has 0 spiro atoms. The number of carbonyl (C=O) groups is 6. The molecule has 0 atom stereocenters. The third kappa shape index (κ3) is 18.8. The molecule has 0 unspecified atom stereocenters. The van der Waals surface area contributed by atoms with Gasteiger partial charge < -0.3 is 77.5 Å². The Morgan fingerprint density at radius 1 is 0.556 bits per heavy atom. The Morgan fingerprint density at radius 3 is 1.52 bits per heavy atom. The fourth-order valence-electron chi connectivity index (χ4n) is 9.00. The van der Waals surface area contributed by atoms with E-state index < -0.39 is 74.8 Å². The molecule has 13 N–H and O–H groups in total. The average Bonchev–Trinajstić information content (AvgIpc) is 3.43. The zero-order chi connectivity index (χ0) is 59.3. The van der Waals surface area contributed by atoms with Crippen molar-refractivity contribution in [2.75, 3.05) is 64.3 Å². The largest absolute Gasteiger partial charge is 0.504 e. The van der Waals surface area contributed by atoms with Gasteiger partial charge in [0, 0.05) is 62.5 Å². The second-order valence-corrected chi connectivity index (χ2v) is 20.9. The molecule has 4 aromatic carbocycles. The normalized spacial score (nSPS) is 11.7. The highest BCUT2D eigenvalue weighted by Gasteiger charge is 2.40. The van der Waals surface area contributed by atoms with Gasteiger partial charge in [-0.3, -0.25) is 29.0 Å². The maximum atomic E-state index is 15.0. The smallest absolute Gasteiger partial charge is 0.319 e. The molecule has 0 aliphatic rings. The number of aromatic nitrogens is 2. The van der Waals surface area contributed by atoms with Crippen molar-refractivity contribution < 1.29 is 64.1 Å². The maximum Gasteiger partial charge on any atom is 0.319 e. The Kier molecular flexibility index (Phi) is 23.2. The molecule has 0 bridgehead atoms. The van der Waals surface area contributed by atoms with E-state index >= 15 is 0 Å².